The minimum atomic E-state index is -3.73. The number of allylic oxidation sites excluding steroid dienone is 3. The number of aliphatic hydroxyl groups is 19. The molecule has 6 heterocycles. The van der Waals surface area contributed by atoms with E-state index in [0.29, 0.717) is 12.8 Å². The molecule has 0 aliphatic carbocycles. The Morgan fingerprint density at radius 2 is 0.729 bits per heavy atom. The Morgan fingerprint density at radius 1 is 0.375 bits per heavy atom. The molecule has 0 spiro atoms. The number of carboxylic acid groups (broad SMARTS) is 3. The third-order valence-corrected chi connectivity index (χ3v) is 27.1. The summed E-state index contributed by atoms with van der Waals surface area (Å²) in [5.74, 6) is -22.2. The van der Waals surface area contributed by atoms with Crippen LogP contribution in [0.5, 0.6) is 0 Å². The number of carbonyl (C=O) groups is 8. The van der Waals surface area contributed by atoms with Gasteiger partial charge in [-0.2, -0.15) is 0 Å². The van der Waals surface area contributed by atoms with Crippen molar-refractivity contribution in [3.8, 4) is 0 Å². The fourth-order valence-electron chi connectivity index (χ4n) is 19.1. The maximum Gasteiger partial charge on any atom is 0.364 e. The summed E-state index contributed by atoms with van der Waals surface area (Å²) in [5, 5.41) is 264. The first kappa shape index (κ1) is 127. The number of amides is 5. The summed E-state index contributed by atoms with van der Waals surface area (Å²) in [5.41, 5.74) is 0. The van der Waals surface area contributed by atoms with Crippen molar-refractivity contribution in [3.05, 3.63) is 24.3 Å². The summed E-state index contributed by atoms with van der Waals surface area (Å²) in [6.45, 7) is -0.760. The number of nitrogens with one attached hydrogen (secondary N) is 5. The molecule has 0 bridgehead atoms. The summed E-state index contributed by atoms with van der Waals surface area (Å²) >= 11 is 0. The summed E-state index contributed by atoms with van der Waals surface area (Å²) in [6, 6.07) is -9.23. The number of ether oxygens (including phenoxy) is 12. The van der Waals surface area contributed by atoms with E-state index in [4.69, 9.17) is 56.8 Å². The van der Waals surface area contributed by atoms with Gasteiger partial charge in [-0.1, -0.05) is 205 Å². The summed E-state index contributed by atoms with van der Waals surface area (Å²) in [6.07, 6.45) is -21.9. The summed E-state index contributed by atoms with van der Waals surface area (Å²) < 4.78 is 71.9. The first-order valence-corrected chi connectivity index (χ1v) is 51.5. The zero-order valence-electron chi connectivity index (χ0n) is 83.9. The smallest absolute Gasteiger partial charge is 0.364 e. The van der Waals surface area contributed by atoms with E-state index in [1.165, 1.54) is 128 Å². The molecular formula is C97H169N5O42. The highest BCUT2D eigenvalue weighted by molar-refractivity contribution is 5.79. The first-order chi connectivity index (χ1) is 68.6. The third kappa shape index (κ3) is 38.4. The molecule has 6 saturated heterocycles. The molecule has 47 nitrogen and oxygen atoms in total. The Kier molecular flexibility index (Phi) is 57.4. The van der Waals surface area contributed by atoms with Gasteiger partial charge in [0.2, 0.25) is 29.5 Å². The highest BCUT2D eigenvalue weighted by Gasteiger charge is 2.65. The molecule has 6 aliphatic rings. The van der Waals surface area contributed by atoms with E-state index in [1.807, 2.05) is 0 Å². The van der Waals surface area contributed by atoms with Crippen LogP contribution in [-0.2, 0) is 95.2 Å². The molecule has 0 aromatic carbocycles. The van der Waals surface area contributed by atoms with Crippen LogP contribution in [-0.4, -0.2) is 419 Å². The van der Waals surface area contributed by atoms with Crippen LogP contribution in [0, 0.1) is 0 Å². The van der Waals surface area contributed by atoms with Crippen molar-refractivity contribution < 1.29 is 208 Å². The molecule has 6 fully saturated rings. The molecule has 834 valence electrons. The first-order valence-electron chi connectivity index (χ1n) is 51.5. The molecule has 47 heteroatoms. The van der Waals surface area contributed by atoms with Crippen LogP contribution >= 0.6 is 0 Å². The maximum absolute atomic E-state index is 14.5. The van der Waals surface area contributed by atoms with Gasteiger partial charge in [0.25, 0.3) is 17.4 Å². The zero-order valence-corrected chi connectivity index (χ0v) is 83.9. The molecule has 27 N–H and O–H groups in total. The second kappa shape index (κ2) is 65.3. The van der Waals surface area contributed by atoms with Gasteiger partial charge in [0.15, 0.2) is 18.9 Å². The van der Waals surface area contributed by atoms with Gasteiger partial charge in [0.1, 0.15) is 128 Å². The van der Waals surface area contributed by atoms with Gasteiger partial charge >= 0.3 is 17.9 Å². The SMILES string of the molecule is CCCCCCCC/C=C\CCCCCCCCCCCCCCCC(=O)N[C@@H](CO[C@@H]1OC(CO)[C@@H](O[C@@H]2OC(CO)[C@H](O[C@@H]3OC(CO)[C@H](O)[C@H](O)C3NC(C)=O)[C@H](O[C@]3(C(=O)O)CC(O)[C@@H](NC(C)=O)C([C@H](O)[C@@H](CO)O[C@]4(C(=O)O)CC(O)[C@@H](NC(C)=O)C([C@H](O)[C@@H](CO)O[C@]5(C(=O)O)CC(O)[C@@H](NC(C)=O)C([C@H](O)[C@H](O)CO)O5)O4)O3)C2O)[C@H](O)C1O)[C@H](O)/C=C/CCCCCCCCCCCCC. The van der Waals surface area contributed by atoms with Crippen molar-refractivity contribution in [3.63, 3.8) is 0 Å². The van der Waals surface area contributed by atoms with Gasteiger partial charge in [0, 0.05) is 53.4 Å². The molecule has 144 heavy (non-hydrogen) atoms. The largest absolute Gasteiger partial charge is 0.477 e. The molecule has 6 aliphatic heterocycles. The Balaban J connectivity index is 1.26. The van der Waals surface area contributed by atoms with E-state index in [9.17, 15) is 151 Å². The monoisotopic (exact) mass is 2080 g/mol. The number of hydrogen-bond acceptors (Lipinski definition) is 39. The normalized spacial score (nSPS) is 32.8. The molecular weight excluding hydrogens is 1910 g/mol. The number of rotatable bonds is 70. The second-order valence-electron chi connectivity index (χ2n) is 38.9. The Labute approximate surface area is 840 Å². The predicted molar refractivity (Wildman–Crippen MR) is 505 cm³/mol. The molecule has 0 radical (unpaired) electrons. The van der Waals surface area contributed by atoms with Crippen molar-refractivity contribution in [2.24, 2.45) is 0 Å². The molecule has 0 aromatic rings. The number of unbranched alkanes of at least 4 members (excludes halogenated alkanes) is 30. The van der Waals surface area contributed by atoms with Crippen LogP contribution in [0.15, 0.2) is 24.3 Å². The van der Waals surface area contributed by atoms with Crippen LogP contribution in [0.2, 0.25) is 0 Å². The van der Waals surface area contributed by atoms with E-state index in [2.05, 4.69) is 52.6 Å². The number of carboxylic acids is 3. The van der Waals surface area contributed by atoms with Crippen LogP contribution in [0.25, 0.3) is 0 Å². The molecule has 5 amide bonds. The number of aliphatic carboxylic acids is 3. The topological polar surface area (TPSA) is 753 Å². The third-order valence-electron chi connectivity index (χ3n) is 27.1. The zero-order chi connectivity index (χ0) is 107. The fraction of sp³-hybridized carbons (Fsp3) is 0.876. The minimum absolute atomic E-state index is 0.0774. The van der Waals surface area contributed by atoms with Gasteiger partial charge in [0.05, 0.1) is 94.8 Å². The highest BCUT2D eigenvalue weighted by atomic mass is 16.8. The van der Waals surface area contributed by atoms with Gasteiger partial charge in [-0.05, 0) is 44.9 Å². The lowest BCUT2D eigenvalue weighted by atomic mass is 9.86. The van der Waals surface area contributed by atoms with Crippen LogP contribution in [0.1, 0.15) is 279 Å². The number of carbonyl (C=O) groups excluding carboxylic acids is 5. The average Bonchev–Trinajstić information content (AvgIpc) is 0.744. The minimum Gasteiger partial charge on any atom is -0.477 e. The molecule has 0 saturated carbocycles. The lowest BCUT2D eigenvalue weighted by Gasteiger charge is -2.52. The lowest BCUT2D eigenvalue weighted by Crippen LogP contribution is -2.72. The maximum atomic E-state index is 14.5. The summed E-state index contributed by atoms with van der Waals surface area (Å²) in [7, 11) is 0. The Bertz CT molecular complexity index is 3780. The van der Waals surface area contributed by atoms with E-state index >= 15 is 0 Å². The van der Waals surface area contributed by atoms with Crippen LogP contribution in [0.4, 0.5) is 0 Å². The van der Waals surface area contributed by atoms with Gasteiger partial charge in [-0.25, -0.2) is 14.4 Å². The average molecular weight is 2080 g/mol. The van der Waals surface area contributed by atoms with Crippen molar-refractivity contribution in [2.75, 3.05) is 46.2 Å². The van der Waals surface area contributed by atoms with Crippen molar-refractivity contribution >= 4 is 47.4 Å². The molecule has 6 rings (SSSR count). The van der Waals surface area contributed by atoms with E-state index < -0.39 is 326 Å². The molecule has 0 aromatic heterocycles. The van der Waals surface area contributed by atoms with Gasteiger partial charge < -0.3 is 196 Å². The van der Waals surface area contributed by atoms with Crippen molar-refractivity contribution in [1.82, 2.24) is 26.6 Å². The fourth-order valence-corrected chi connectivity index (χ4v) is 19.1. The standard InChI is InChI=1S/C97H169N5O42/c1-7-9-11-13-15-17-19-21-22-23-24-25-26-27-28-29-30-32-34-36-38-40-42-44-70(118)102-59(60(113)43-41-39-37-35-33-31-20-18-16-14-12-10-8-2)54-133-90-81(125)80(124)83(68(52-107)135-90)137-91-82(126)88(84(69(53-108)136-91)138-89-74(101-58(6)112)79(123)76(120)65(49-104)134-89)144-97(94(131)132)47-63(116)73(100-57(5)111)87(143-97)78(122)67(51-106)140-96(93(129)130)46-62(115)72(99-56(4)110)86(142-96)77(121)66(50-105)139-95(92(127)128)45-61(114)71(98-55(3)109)85(141-95)75(119)64(117)48-103/h21-22,41,43,59-69,71-91,103-108,113-117,119-126H,7-20,23-40,42,44-54H2,1-6H3,(H,98,109)(H,99,110)(H,100,111)(H,101,112)(H,102,118)(H,127,128)(H,129,130)(H,131,132)/b22-21-,43-41+/t59-,60+,61?,62?,63?,64+,65?,66+,67+,68?,69?,71+,72+,73+,74?,75+,76-,77+,78+,79+,80+,81?,82?,83+,84-,85?,86?,87?,88+,89-,90+,91-,95+,96+,97-/m0/s1. The Morgan fingerprint density at radius 3 is 1.12 bits per heavy atom. The number of hydrogen-bond donors (Lipinski definition) is 27. The van der Waals surface area contributed by atoms with Crippen LogP contribution < -0.4 is 26.6 Å². The van der Waals surface area contributed by atoms with Crippen molar-refractivity contribution in [2.45, 2.75) is 492 Å². The van der Waals surface area contributed by atoms with Crippen LogP contribution in [0.3, 0.4) is 0 Å². The van der Waals surface area contributed by atoms with Gasteiger partial charge in [-0.15, -0.1) is 0 Å². The second-order valence-corrected chi connectivity index (χ2v) is 38.9. The highest BCUT2D eigenvalue weighted by Crippen LogP contribution is 2.44. The van der Waals surface area contributed by atoms with E-state index in [0.717, 1.165) is 105 Å². The Hall–Kier alpha value is -6.00. The van der Waals surface area contributed by atoms with E-state index in [1.54, 1.807) is 6.08 Å². The van der Waals surface area contributed by atoms with E-state index in [-0.39, 0.29) is 6.42 Å². The molecule has 35 atom stereocenters. The van der Waals surface area contributed by atoms with Gasteiger partial charge in [-0.3, -0.25) is 24.0 Å². The summed E-state index contributed by atoms with van der Waals surface area (Å²) in [4.78, 5) is 107. The molecule has 12 unspecified atom stereocenters. The quantitative estimate of drug-likeness (QED) is 0.0240. The lowest BCUT2D eigenvalue weighted by molar-refractivity contribution is -0.402. The number of aliphatic hydroxyl groups excluding tert-OH is 19. The predicted octanol–water partition coefficient (Wildman–Crippen LogP) is -1.62. The van der Waals surface area contributed by atoms with Crippen molar-refractivity contribution in [1.29, 1.82) is 0 Å².